The fourth-order valence-electron chi connectivity index (χ4n) is 2.25. The van der Waals surface area contributed by atoms with Crippen LogP contribution in [-0.2, 0) is 4.79 Å². The lowest BCUT2D eigenvalue weighted by atomic mass is 10.1. The summed E-state index contributed by atoms with van der Waals surface area (Å²) in [6, 6.07) is 7.98. The average molecular weight is 294 g/mol. The summed E-state index contributed by atoms with van der Waals surface area (Å²) in [6.45, 7) is 0. The normalized spacial score (nSPS) is 20.8. The Morgan fingerprint density at radius 3 is 2.63 bits per heavy atom. The van der Waals surface area contributed by atoms with Crippen molar-refractivity contribution in [3.63, 3.8) is 0 Å². The van der Waals surface area contributed by atoms with Crippen molar-refractivity contribution in [2.75, 3.05) is 19.6 Å². The van der Waals surface area contributed by atoms with E-state index >= 15 is 0 Å². The number of thioether (sulfide) groups is 2. The molecule has 0 spiro atoms. The molecule has 1 fully saturated rings. The summed E-state index contributed by atoms with van der Waals surface area (Å²) >= 11 is 3.25. The van der Waals surface area contributed by atoms with Crippen molar-refractivity contribution < 1.29 is 9.53 Å². The predicted molar refractivity (Wildman–Crippen MR) is 84.0 cm³/mol. The van der Waals surface area contributed by atoms with Crippen LogP contribution in [0.2, 0.25) is 0 Å². The van der Waals surface area contributed by atoms with Crippen molar-refractivity contribution in [2.45, 2.75) is 12.3 Å². The van der Waals surface area contributed by atoms with E-state index in [-0.39, 0.29) is 11.7 Å². The Hall–Kier alpha value is -0.870. The van der Waals surface area contributed by atoms with Crippen molar-refractivity contribution in [1.29, 1.82) is 0 Å². The quantitative estimate of drug-likeness (QED) is 0.743. The molecule has 1 saturated carbocycles. The van der Waals surface area contributed by atoms with Gasteiger partial charge in [-0.3, -0.25) is 4.79 Å². The molecule has 2 nitrogen and oxygen atoms in total. The monoisotopic (exact) mass is 294 g/mol. The molecule has 1 aliphatic carbocycles. The number of rotatable bonds is 6. The van der Waals surface area contributed by atoms with Gasteiger partial charge in [0.25, 0.3) is 0 Å². The highest BCUT2D eigenvalue weighted by molar-refractivity contribution is 8.21. The van der Waals surface area contributed by atoms with Crippen LogP contribution in [0.25, 0.3) is 0 Å². The summed E-state index contributed by atoms with van der Waals surface area (Å²) in [5.41, 5.74) is 1.16. The molecule has 1 aromatic carbocycles. The van der Waals surface area contributed by atoms with Crippen LogP contribution in [0.5, 0.6) is 5.75 Å². The summed E-state index contributed by atoms with van der Waals surface area (Å²) < 4.78 is 6.44. The molecule has 0 heterocycles. The second-order valence-electron chi connectivity index (χ2n) is 4.46. The first-order valence-corrected chi connectivity index (χ1v) is 8.62. The zero-order chi connectivity index (χ0) is 13.8. The van der Waals surface area contributed by atoms with E-state index in [1.165, 1.54) is 0 Å². The molecule has 2 rings (SSSR count). The Balaban J connectivity index is 2.08. The number of carbonyl (C=O) groups is 1. The van der Waals surface area contributed by atoms with E-state index < -0.39 is 0 Å². The Morgan fingerprint density at radius 1 is 1.32 bits per heavy atom. The fraction of sp³-hybridized carbons (Fsp3) is 0.400. The Bertz CT molecular complexity index is 491. The molecule has 0 N–H and O–H groups in total. The molecular formula is C15H18O2S2. The predicted octanol–water partition coefficient (Wildman–Crippen LogP) is 3.94. The minimum absolute atomic E-state index is 0.130. The molecule has 0 aliphatic heterocycles. The van der Waals surface area contributed by atoms with Crippen molar-refractivity contribution >= 4 is 29.3 Å². The van der Waals surface area contributed by atoms with Gasteiger partial charge in [-0.2, -0.15) is 0 Å². The number of carbonyl (C=O) groups excluding carboxylic acids is 1. The first kappa shape index (κ1) is 14.5. The molecule has 1 aliphatic rings. The number of ether oxygens (including phenoxy) is 1. The second kappa shape index (κ2) is 6.53. The smallest absolute Gasteiger partial charge is 0.161 e. The molecule has 0 bridgehead atoms. The molecule has 2 atom stereocenters. The van der Waals surface area contributed by atoms with Gasteiger partial charge in [-0.05, 0) is 36.5 Å². The highest BCUT2D eigenvalue weighted by Crippen LogP contribution is 2.51. The highest BCUT2D eigenvalue weighted by atomic mass is 32.2. The van der Waals surface area contributed by atoms with Crippen LogP contribution in [0.4, 0.5) is 0 Å². The molecule has 4 heteroatoms. The largest absolute Gasteiger partial charge is 0.496 e. The Morgan fingerprint density at radius 2 is 2.00 bits per heavy atom. The van der Waals surface area contributed by atoms with E-state index in [1.807, 2.05) is 30.7 Å². The van der Waals surface area contributed by atoms with Crippen molar-refractivity contribution in [3.8, 4) is 5.75 Å². The van der Waals surface area contributed by atoms with E-state index in [0.717, 1.165) is 22.0 Å². The molecular weight excluding hydrogens is 276 g/mol. The van der Waals surface area contributed by atoms with Gasteiger partial charge in [0.15, 0.2) is 5.78 Å². The first-order valence-electron chi connectivity index (χ1n) is 6.17. The fourth-order valence-corrected chi connectivity index (χ4v) is 3.38. The third-order valence-corrected chi connectivity index (χ3v) is 5.40. The molecule has 102 valence electrons. The average Bonchev–Trinajstić information content (AvgIpc) is 3.24. The van der Waals surface area contributed by atoms with E-state index in [0.29, 0.717) is 5.92 Å². The van der Waals surface area contributed by atoms with E-state index in [1.54, 1.807) is 36.7 Å². The highest BCUT2D eigenvalue weighted by Gasteiger charge is 2.44. The zero-order valence-corrected chi connectivity index (χ0v) is 13.0. The third-order valence-electron chi connectivity index (χ3n) is 3.36. The molecule has 0 saturated heterocycles. The van der Waals surface area contributed by atoms with Gasteiger partial charge in [-0.1, -0.05) is 18.2 Å². The Labute approximate surface area is 123 Å². The van der Waals surface area contributed by atoms with Crippen LogP contribution in [0.3, 0.4) is 0 Å². The van der Waals surface area contributed by atoms with E-state index in [4.69, 9.17) is 4.74 Å². The van der Waals surface area contributed by atoms with Crippen LogP contribution in [0.1, 0.15) is 17.9 Å². The molecule has 2 unspecified atom stereocenters. The van der Waals surface area contributed by atoms with Crippen LogP contribution < -0.4 is 4.74 Å². The van der Waals surface area contributed by atoms with Gasteiger partial charge in [-0.15, -0.1) is 23.5 Å². The lowest BCUT2D eigenvalue weighted by Crippen LogP contribution is -1.99. The summed E-state index contributed by atoms with van der Waals surface area (Å²) in [7, 11) is 1.68. The van der Waals surface area contributed by atoms with E-state index in [9.17, 15) is 4.79 Å². The minimum Gasteiger partial charge on any atom is -0.496 e. The maximum Gasteiger partial charge on any atom is 0.161 e. The van der Waals surface area contributed by atoms with Gasteiger partial charge in [0.05, 0.1) is 7.11 Å². The van der Waals surface area contributed by atoms with Crippen molar-refractivity contribution in [2.24, 2.45) is 5.92 Å². The van der Waals surface area contributed by atoms with Gasteiger partial charge in [0.1, 0.15) is 5.75 Å². The van der Waals surface area contributed by atoms with Crippen LogP contribution in [-0.4, -0.2) is 25.4 Å². The molecule has 0 aromatic heterocycles. The number of hydrogen-bond donors (Lipinski definition) is 0. The standard InChI is InChI=1S/C15H18O2S2/c1-17-14-7-5-4-6-10(14)11-8-12(11)13(16)9-15(18-2)19-3/h4-7,9,11-12H,8H2,1-3H3. The van der Waals surface area contributed by atoms with Crippen molar-refractivity contribution in [1.82, 2.24) is 0 Å². The number of ketones is 1. The topological polar surface area (TPSA) is 26.3 Å². The van der Waals surface area contributed by atoms with E-state index in [2.05, 4.69) is 6.07 Å². The second-order valence-corrected chi connectivity index (χ2v) is 6.42. The zero-order valence-electron chi connectivity index (χ0n) is 11.4. The van der Waals surface area contributed by atoms with Crippen LogP contribution in [0.15, 0.2) is 34.6 Å². The summed E-state index contributed by atoms with van der Waals surface area (Å²) in [4.78, 5) is 12.2. The van der Waals surface area contributed by atoms with Crippen molar-refractivity contribution in [3.05, 3.63) is 40.1 Å². The molecule has 19 heavy (non-hydrogen) atoms. The maximum absolute atomic E-state index is 12.2. The number of allylic oxidation sites excluding steroid dienone is 1. The molecule has 1 aromatic rings. The number of methoxy groups -OCH3 is 1. The Kier molecular flexibility index (Phi) is 4.99. The number of para-hydroxylation sites is 1. The van der Waals surface area contributed by atoms with Gasteiger partial charge >= 0.3 is 0 Å². The van der Waals surface area contributed by atoms with Gasteiger partial charge in [-0.25, -0.2) is 0 Å². The van der Waals surface area contributed by atoms with Crippen LogP contribution in [0, 0.1) is 5.92 Å². The van der Waals surface area contributed by atoms with Gasteiger partial charge in [0.2, 0.25) is 0 Å². The summed E-state index contributed by atoms with van der Waals surface area (Å²) in [6.07, 6.45) is 6.72. The van der Waals surface area contributed by atoms with Crippen LogP contribution >= 0.6 is 23.5 Å². The third kappa shape index (κ3) is 3.37. The number of hydrogen-bond acceptors (Lipinski definition) is 4. The number of benzene rings is 1. The lowest BCUT2D eigenvalue weighted by Gasteiger charge is -2.06. The summed E-state index contributed by atoms with van der Waals surface area (Å²) in [5, 5.41) is 0. The lowest BCUT2D eigenvalue weighted by molar-refractivity contribution is -0.115. The first-order chi connectivity index (χ1) is 9.21. The summed E-state index contributed by atoms with van der Waals surface area (Å²) in [5.74, 6) is 1.59. The minimum atomic E-state index is 0.130. The SMILES string of the molecule is COc1ccccc1C1CC1C(=O)C=C(SC)SC. The molecule has 0 radical (unpaired) electrons. The van der Waals surface area contributed by atoms with Gasteiger partial charge in [0, 0.05) is 16.2 Å². The van der Waals surface area contributed by atoms with Gasteiger partial charge < -0.3 is 4.74 Å². The maximum atomic E-state index is 12.2. The molecule has 0 amide bonds.